The van der Waals surface area contributed by atoms with Gasteiger partial charge in [0, 0.05) is 35.2 Å². The summed E-state index contributed by atoms with van der Waals surface area (Å²) in [7, 11) is 6.24. The Morgan fingerprint density at radius 2 is 1.95 bits per heavy atom. The van der Waals surface area contributed by atoms with Crippen LogP contribution in [0.15, 0.2) is 66.1 Å². The number of likely N-dealkylation sites (tertiary alicyclic amines) is 1. The third-order valence-corrected chi connectivity index (χ3v) is 8.34. The molecule has 3 aliphatic heterocycles. The molecular formula is C28H37B3FN3O3. The predicted molar refractivity (Wildman–Crippen MR) is 156 cm³/mol. The van der Waals surface area contributed by atoms with Gasteiger partial charge in [0.1, 0.15) is 41.7 Å². The van der Waals surface area contributed by atoms with Crippen molar-refractivity contribution in [1.82, 2.24) is 15.1 Å². The summed E-state index contributed by atoms with van der Waals surface area (Å²) in [6.07, 6.45) is 11.5. The Bertz CT molecular complexity index is 1210. The highest BCUT2D eigenvalue weighted by molar-refractivity contribution is 6.39. The smallest absolute Gasteiger partial charge is 0.249 e. The number of benzene rings is 1. The van der Waals surface area contributed by atoms with Crippen molar-refractivity contribution in [3.8, 4) is 0 Å². The largest absolute Gasteiger partial charge is 0.489 e. The van der Waals surface area contributed by atoms with Crippen LogP contribution in [0, 0.1) is 5.82 Å². The molecule has 6 nitrogen and oxygen atoms in total. The number of amides is 2. The molecule has 2 fully saturated rings. The van der Waals surface area contributed by atoms with E-state index in [0.29, 0.717) is 35.4 Å². The maximum atomic E-state index is 15.2. The summed E-state index contributed by atoms with van der Waals surface area (Å²) in [5.41, 5.74) is 1.79. The first-order valence-corrected chi connectivity index (χ1v) is 13.6. The Balaban J connectivity index is 1.50. The highest BCUT2D eigenvalue weighted by atomic mass is 19.1. The van der Waals surface area contributed by atoms with E-state index in [1.165, 1.54) is 19.3 Å². The molecule has 0 aromatic heterocycles. The van der Waals surface area contributed by atoms with Crippen molar-refractivity contribution in [1.29, 1.82) is 0 Å². The Hall–Kier alpha value is -3.00. The Labute approximate surface area is 228 Å². The SMILES string of the molecule is BC1(N2C/C=C(OCc3ccc(C(B)(B)N4CCCCC4)cc3F)/C=C\C=C(/C)C2=O)CCC(=O)NC1=C. The lowest BCUT2D eigenvalue weighted by Crippen LogP contribution is -2.59. The van der Waals surface area contributed by atoms with E-state index in [0.717, 1.165) is 18.7 Å². The molecule has 0 saturated carbocycles. The van der Waals surface area contributed by atoms with E-state index in [4.69, 9.17) is 4.74 Å². The minimum atomic E-state index is -0.727. The standard InChI is InChI=1S/C28H37B3FN3O3/c1-19-7-6-8-23(12-16-35(26(19)37)27(29)13-11-25(36)33-20(27)2)38-18-21-9-10-22(17-24(21)32)28(30,31)34-14-4-3-5-15-34/h6-10,12,17H,2-5,11,13-16,18,29-31H2,1H3,(H,33,36)/b8-6-,19-7+,23-12-. The van der Waals surface area contributed by atoms with Gasteiger partial charge in [-0.2, -0.15) is 0 Å². The number of carbonyl (C=O) groups excluding carboxylic acids is 2. The van der Waals surface area contributed by atoms with Crippen molar-refractivity contribution in [3.05, 3.63) is 83.1 Å². The summed E-state index contributed by atoms with van der Waals surface area (Å²) in [4.78, 5) is 29.3. The Kier molecular flexibility index (Phi) is 8.41. The zero-order chi connectivity index (χ0) is 27.5. The second-order valence-electron chi connectivity index (χ2n) is 11.2. The van der Waals surface area contributed by atoms with Gasteiger partial charge in [-0.05, 0) is 68.4 Å². The Morgan fingerprint density at radius 3 is 2.63 bits per heavy atom. The van der Waals surface area contributed by atoms with Gasteiger partial charge < -0.3 is 19.9 Å². The molecule has 2 saturated heterocycles. The number of hydrogen-bond donors (Lipinski definition) is 1. The number of halogens is 1. The monoisotopic (exact) mass is 515 g/mol. The highest BCUT2D eigenvalue weighted by Gasteiger charge is 2.41. The van der Waals surface area contributed by atoms with Crippen LogP contribution in [-0.2, 0) is 26.3 Å². The van der Waals surface area contributed by atoms with Gasteiger partial charge in [-0.15, -0.1) is 0 Å². The number of carbonyl (C=O) groups is 2. The molecule has 38 heavy (non-hydrogen) atoms. The minimum absolute atomic E-state index is 0.0725. The molecule has 3 aliphatic rings. The first kappa shape index (κ1) is 28.0. The minimum Gasteiger partial charge on any atom is -0.489 e. The predicted octanol–water partition coefficient (Wildman–Crippen LogP) is 1.19. The van der Waals surface area contributed by atoms with Crippen LogP contribution in [0.3, 0.4) is 0 Å². The van der Waals surface area contributed by atoms with Crippen LogP contribution < -0.4 is 5.32 Å². The van der Waals surface area contributed by atoms with Crippen LogP contribution in [0.25, 0.3) is 0 Å². The van der Waals surface area contributed by atoms with E-state index in [9.17, 15) is 9.59 Å². The van der Waals surface area contributed by atoms with Gasteiger partial charge in [-0.1, -0.05) is 37.3 Å². The van der Waals surface area contributed by atoms with E-state index in [-0.39, 0.29) is 36.1 Å². The van der Waals surface area contributed by atoms with Crippen LogP contribution >= 0.6 is 0 Å². The number of ether oxygens (including phenoxy) is 1. The van der Waals surface area contributed by atoms with Gasteiger partial charge >= 0.3 is 0 Å². The second-order valence-corrected chi connectivity index (χ2v) is 11.2. The van der Waals surface area contributed by atoms with Crippen LogP contribution in [0.5, 0.6) is 0 Å². The molecule has 0 bridgehead atoms. The Morgan fingerprint density at radius 1 is 1.21 bits per heavy atom. The van der Waals surface area contributed by atoms with Crippen LogP contribution in [-0.4, -0.2) is 70.2 Å². The molecule has 0 spiro atoms. The highest BCUT2D eigenvalue weighted by Crippen LogP contribution is 2.31. The van der Waals surface area contributed by atoms with Crippen LogP contribution in [0.2, 0.25) is 0 Å². The first-order chi connectivity index (χ1) is 18.0. The molecule has 1 aromatic rings. The van der Waals surface area contributed by atoms with Crippen molar-refractivity contribution >= 4 is 35.4 Å². The van der Waals surface area contributed by atoms with Crippen molar-refractivity contribution in [2.75, 3.05) is 19.6 Å². The quantitative estimate of drug-likeness (QED) is 0.579. The fraction of sp³-hybridized carbons (Fsp3) is 0.429. The summed E-state index contributed by atoms with van der Waals surface area (Å²) >= 11 is 0. The van der Waals surface area contributed by atoms with E-state index in [1.807, 2.05) is 26.1 Å². The molecule has 1 atom stereocenters. The topological polar surface area (TPSA) is 61.9 Å². The average Bonchev–Trinajstić information content (AvgIpc) is 2.96. The maximum absolute atomic E-state index is 15.2. The normalized spacial score (nSPS) is 27.2. The molecule has 1 unspecified atom stereocenters. The van der Waals surface area contributed by atoms with Crippen molar-refractivity contribution in [2.45, 2.75) is 56.4 Å². The first-order valence-electron chi connectivity index (χ1n) is 13.6. The number of hydrogen-bond acceptors (Lipinski definition) is 4. The van der Waals surface area contributed by atoms with Crippen LogP contribution in [0.4, 0.5) is 4.39 Å². The molecule has 2 amide bonds. The summed E-state index contributed by atoms with van der Waals surface area (Å²) in [6, 6.07) is 5.45. The van der Waals surface area contributed by atoms with Crippen molar-refractivity contribution < 1.29 is 18.7 Å². The third kappa shape index (κ3) is 5.85. The molecule has 4 rings (SSSR count). The van der Waals surface area contributed by atoms with E-state index in [2.05, 4.69) is 32.5 Å². The number of allylic oxidation sites excluding steroid dienone is 3. The molecule has 0 radical (unpaired) electrons. The molecule has 1 N–H and O–H groups in total. The van der Waals surface area contributed by atoms with E-state index >= 15 is 4.39 Å². The maximum Gasteiger partial charge on any atom is 0.249 e. The molecule has 0 aliphatic carbocycles. The van der Waals surface area contributed by atoms with E-state index in [1.54, 1.807) is 36.1 Å². The summed E-state index contributed by atoms with van der Waals surface area (Å²) in [6.45, 7) is 8.20. The molecule has 1 aromatic carbocycles. The van der Waals surface area contributed by atoms with Crippen molar-refractivity contribution in [3.63, 3.8) is 0 Å². The lowest BCUT2D eigenvalue weighted by Gasteiger charge is -2.45. The zero-order valence-electron chi connectivity index (χ0n) is 23.1. The molecule has 10 heteroatoms. The van der Waals surface area contributed by atoms with Gasteiger partial charge in [0.25, 0.3) is 0 Å². The second kappa shape index (κ2) is 11.4. The zero-order valence-corrected chi connectivity index (χ0v) is 23.1. The molecule has 3 heterocycles. The molecule has 198 valence electrons. The average molecular weight is 515 g/mol. The van der Waals surface area contributed by atoms with Gasteiger partial charge in [0.15, 0.2) is 0 Å². The number of piperidine rings is 2. The fourth-order valence-corrected chi connectivity index (χ4v) is 5.45. The lowest BCUT2D eigenvalue weighted by atomic mass is 9.56. The van der Waals surface area contributed by atoms with Crippen LogP contribution in [0.1, 0.15) is 50.2 Å². The van der Waals surface area contributed by atoms with Gasteiger partial charge in [0.05, 0.1) is 0 Å². The number of nitrogens with one attached hydrogen (secondary N) is 1. The summed E-state index contributed by atoms with van der Waals surface area (Å²) < 4.78 is 21.2. The molecular weight excluding hydrogens is 478 g/mol. The van der Waals surface area contributed by atoms with Gasteiger partial charge in [-0.3, -0.25) is 9.59 Å². The van der Waals surface area contributed by atoms with E-state index < -0.39 is 5.44 Å². The van der Waals surface area contributed by atoms with Gasteiger partial charge in [-0.25, -0.2) is 4.39 Å². The lowest BCUT2D eigenvalue weighted by molar-refractivity contribution is -0.132. The number of rotatable bonds is 6. The summed E-state index contributed by atoms with van der Waals surface area (Å²) in [5.74, 6) is 0.0319. The van der Waals surface area contributed by atoms with Crippen molar-refractivity contribution in [2.24, 2.45) is 0 Å². The fourth-order valence-electron chi connectivity index (χ4n) is 5.45. The summed E-state index contributed by atoms with van der Waals surface area (Å²) in [5, 5.41) is 2.56. The number of nitrogens with zero attached hydrogens (tertiary/aromatic N) is 2. The third-order valence-electron chi connectivity index (χ3n) is 8.34. The van der Waals surface area contributed by atoms with Gasteiger partial charge in [0.2, 0.25) is 11.8 Å².